The number of carbonyl (C=O) groups is 1. The van der Waals surface area contributed by atoms with Gasteiger partial charge in [-0.25, -0.2) is 8.42 Å². The van der Waals surface area contributed by atoms with Crippen molar-refractivity contribution >= 4 is 44.7 Å². The Morgan fingerprint density at radius 2 is 2.12 bits per heavy atom. The van der Waals surface area contributed by atoms with Gasteiger partial charge in [0.2, 0.25) is 5.91 Å². The summed E-state index contributed by atoms with van der Waals surface area (Å²) < 4.78 is 32.6. The van der Waals surface area contributed by atoms with E-state index in [1.165, 1.54) is 12.1 Å². The highest BCUT2D eigenvalue weighted by Crippen LogP contribution is 2.26. The van der Waals surface area contributed by atoms with Crippen LogP contribution in [0.4, 0.5) is 5.82 Å². The summed E-state index contributed by atoms with van der Waals surface area (Å²) in [6.07, 6.45) is 0.334. The Labute approximate surface area is 149 Å². The van der Waals surface area contributed by atoms with Crippen LogP contribution in [0.2, 0.25) is 4.34 Å². The number of carbonyl (C=O) groups excluding carboxylic acids is 1. The maximum Gasteiger partial charge on any atom is 0.250 e. The largest absolute Gasteiger partial charge is 0.360 e. The van der Waals surface area contributed by atoms with Gasteiger partial charge in [-0.3, -0.25) is 4.79 Å². The zero-order valence-corrected chi connectivity index (χ0v) is 15.8. The number of halogens is 1. The van der Waals surface area contributed by atoms with E-state index in [1.54, 1.807) is 13.0 Å². The number of rotatable bonds is 7. The van der Waals surface area contributed by atoms with E-state index >= 15 is 0 Å². The average molecular weight is 392 g/mol. The summed E-state index contributed by atoms with van der Waals surface area (Å²) in [6, 6.07) is 3.52. The Bertz CT molecular complexity index is 814. The molecule has 0 aliphatic heterocycles. The summed E-state index contributed by atoms with van der Waals surface area (Å²) in [4.78, 5) is 12.4. The van der Waals surface area contributed by atoms with Gasteiger partial charge in [0.05, 0.1) is 4.34 Å². The molecule has 7 nitrogen and oxygen atoms in total. The van der Waals surface area contributed by atoms with E-state index in [0.29, 0.717) is 16.5 Å². The number of nitrogens with one attached hydrogen (secondary N) is 2. The molecule has 0 fully saturated rings. The van der Waals surface area contributed by atoms with Crippen LogP contribution in [0, 0.1) is 12.8 Å². The number of thiophene rings is 1. The molecule has 0 unspecified atom stereocenters. The van der Waals surface area contributed by atoms with Crippen molar-refractivity contribution in [1.82, 2.24) is 9.88 Å². The van der Waals surface area contributed by atoms with Gasteiger partial charge < -0.3 is 9.84 Å². The van der Waals surface area contributed by atoms with E-state index in [-0.39, 0.29) is 15.9 Å². The molecule has 2 N–H and O–H groups in total. The Morgan fingerprint density at radius 3 is 2.62 bits per heavy atom. The molecule has 0 aliphatic rings. The molecular formula is C14H18ClN3O4S2. The number of sulfonamides is 1. The predicted molar refractivity (Wildman–Crippen MR) is 92.8 cm³/mol. The van der Waals surface area contributed by atoms with E-state index < -0.39 is 22.0 Å². The first kappa shape index (κ1) is 18.9. The summed E-state index contributed by atoms with van der Waals surface area (Å²) in [6.45, 7) is 5.49. The second-order valence-electron chi connectivity index (χ2n) is 5.67. The summed E-state index contributed by atoms with van der Waals surface area (Å²) >= 11 is 6.72. The topological polar surface area (TPSA) is 101 Å². The number of hydrogen-bond acceptors (Lipinski definition) is 6. The van der Waals surface area contributed by atoms with Gasteiger partial charge in [-0.1, -0.05) is 30.6 Å². The normalized spacial score (nSPS) is 13.2. The SMILES string of the molecule is Cc1cc(NC(=O)[C@H](CC(C)C)NS(=O)(=O)c2ccc(Cl)s2)no1. The Hall–Kier alpha value is -1.42. The Morgan fingerprint density at radius 1 is 1.42 bits per heavy atom. The first-order chi connectivity index (χ1) is 11.2. The zero-order chi connectivity index (χ0) is 17.9. The minimum atomic E-state index is -3.84. The van der Waals surface area contributed by atoms with Gasteiger partial charge in [-0.2, -0.15) is 4.72 Å². The minimum Gasteiger partial charge on any atom is -0.360 e. The van der Waals surface area contributed by atoms with E-state index in [2.05, 4.69) is 15.2 Å². The fourth-order valence-electron chi connectivity index (χ4n) is 2.01. The third-order valence-electron chi connectivity index (χ3n) is 3.01. The maximum atomic E-state index is 12.4. The van der Waals surface area contributed by atoms with Crippen LogP contribution in [0.3, 0.4) is 0 Å². The van der Waals surface area contributed by atoms with Gasteiger partial charge in [-0.15, -0.1) is 11.3 Å². The monoisotopic (exact) mass is 391 g/mol. The van der Waals surface area contributed by atoms with E-state index in [4.69, 9.17) is 16.1 Å². The van der Waals surface area contributed by atoms with Crippen molar-refractivity contribution in [2.24, 2.45) is 5.92 Å². The molecule has 2 aromatic heterocycles. The summed E-state index contributed by atoms with van der Waals surface area (Å²) in [7, 11) is -3.84. The molecule has 0 saturated heterocycles. The Balaban J connectivity index is 2.16. The third kappa shape index (κ3) is 5.04. The van der Waals surface area contributed by atoms with Crippen LogP contribution in [-0.2, 0) is 14.8 Å². The van der Waals surface area contributed by atoms with Crippen LogP contribution >= 0.6 is 22.9 Å². The van der Waals surface area contributed by atoms with Crippen LogP contribution in [-0.4, -0.2) is 25.5 Å². The number of anilines is 1. The molecular weight excluding hydrogens is 374 g/mol. The molecule has 24 heavy (non-hydrogen) atoms. The van der Waals surface area contributed by atoms with E-state index in [0.717, 1.165) is 11.3 Å². The molecule has 2 rings (SSSR count). The molecule has 0 saturated carbocycles. The summed E-state index contributed by atoms with van der Waals surface area (Å²) in [5, 5.41) is 6.23. The molecule has 2 aromatic rings. The minimum absolute atomic E-state index is 0.0614. The van der Waals surface area contributed by atoms with Crippen molar-refractivity contribution < 1.29 is 17.7 Å². The van der Waals surface area contributed by atoms with Gasteiger partial charge in [-0.05, 0) is 31.4 Å². The molecule has 0 bridgehead atoms. The number of hydrogen-bond donors (Lipinski definition) is 2. The highest BCUT2D eigenvalue weighted by Gasteiger charge is 2.28. The predicted octanol–water partition coefficient (Wildman–Crippen LogP) is 3.03. The van der Waals surface area contributed by atoms with Crippen molar-refractivity contribution in [3.8, 4) is 0 Å². The second kappa shape index (κ2) is 7.64. The molecule has 1 amide bonds. The van der Waals surface area contributed by atoms with Crippen molar-refractivity contribution in [3.05, 3.63) is 28.3 Å². The molecule has 0 aromatic carbocycles. The zero-order valence-electron chi connectivity index (χ0n) is 13.4. The molecule has 0 radical (unpaired) electrons. The number of aryl methyl sites for hydroxylation is 1. The maximum absolute atomic E-state index is 12.4. The highest BCUT2D eigenvalue weighted by molar-refractivity contribution is 7.91. The summed E-state index contributed by atoms with van der Waals surface area (Å²) in [5.41, 5.74) is 0. The quantitative estimate of drug-likeness (QED) is 0.755. The number of amides is 1. The summed E-state index contributed by atoms with van der Waals surface area (Å²) in [5.74, 6) is 0.391. The molecule has 10 heteroatoms. The lowest BCUT2D eigenvalue weighted by Crippen LogP contribution is -2.44. The molecule has 132 valence electrons. The van der Waals surface area contributed by atoms with Crippen LogP contribution in [0.15, 0.2) is 26.9 Å². The fourth-order valence-corrected chi connectivity index (χ4v) is 4.71. The first-order valence-corrected chi connectivity index (χ1v) is 9.87. The lowest BCUT2D eigenvalue weighted by Gasteiger charge is -2.19. The van der Waals surface area contributed by atoms with E-state index in [9.17, 15) is 13.2 Å². The van der Waals surface area contributed by atoms with Crippen LogP contribution < -0.4 is 10.0 Å². The van der Waals surface area contributed by atoms with Gasteiger partial charge in [0.15, 0.2) is 5.82 Å². The van der Waals surface area contributed by atoms with Gasteiger partial charge in [0, 0.05) is 6.07 Å². The number of aromatic nitrogens is 1. The van der Waals surface area contributed by atoms with Crippen LogP contribution in [0.5, 0.6) is 0 Å². The molecule has 1 atom stereocenters. The highest BCUT2D eigenvalue weighted by atomic mass is 35.5. The van der Waals surface area contributed by atoms with Crippen LogP contribution in [0.25, 0.3) is 0 Å². The second-order valence-corrected chi connectivity index (χ2v) is 9.33. The lowest BCUT2D eigenvalue weighted by molar-refractivity contribution is -0.118. The third-order valence-corrected chi connectivity index (χ3v) is 6.21. The van der Waals surface area contributed by atoms with Crippen molar-refractivity contribution in [1.29, 1.82) is 0 Å². The smallest absolute Gasteiger partial charge is 0.250 e. The van der Waals surface area contributed by atoms with Crippen LogP contribution in [0.1, 0.15) is 26.0 Å². The average Bonchev–Trinajstić information content (AvgIpc) is 3.06. The van der Waals surface area contributed by atoms with E-state index in [1.807, 2.05) is 13.8 Å². The van der Waals surface area contributed by atoms with Crippen molar-refractivity contribution in [3.63, 3.8) is 0 Å². The van der Waals surface area contributed by atoms with Gasteiger partial charge >= 0.3 is 0 Å². The first-order valence-electron chi connectivity index (χ1n) is 7.19. The molecule has 0 spiro atoms. The standard InChI is InChI=1S/C14H18ClN3O4S2/c1-8(2)6-10(14(19)16-12-7-9(3)22-17-12)18-24(20,21)13-5-4-11(15)23-13/h4-5,7-8,10,18H,6H2,1-3H3,(H,16,17,19)/t10-/m0/s1. The van der Waals surface area contributed by atoms with Gasteiger partial charge in [0.25, 0.3) is 10.0 Å². The molecule has 0 aliphatic carbocycles. The van der Waals surface area contributed by atoms with Gasteiger partial charge in [0.1, 0.15) is 16.0 Å². The van der Waals surface area contributed by atoms with Crippen molar-refractivity contribution in [2.45, 2.75) is 37.4 Å². The Kier molecular flexibility index (Phi) is 6.02. The van der Waals surface area contributed by atoms with Crippen molar-refractivity contribution in [2.75, 3.05) is 5.32 Å². The fraction of sp³-hybridized carbons (Fsp3) is 0.429. The number of nitrogens with zero attached hydrogens (tertiary/aromatic N) is 1. The lowest BCUT2D eigenvalue weighted by atomic mass is 10.0. The molecule has 2 heterocycles.